The summed E-state index contributed by atoms with van der Waals surface area (Å²) >= 11 is 1.13. The standard InChI is InChI=1S/C12H21N3O2S2/c1-12(2,3)6-7-14-11-9(10(13)15-18-11)19(16,17)8-4-5-8/h8,14H,4-7H2,1-3H3,(H2,13,15). The summed E-state index contributed by atoms with van der Waals surface area (Å²) in [7, 11) is -3.29. The van der Waals surface area contributed by atoms with E-state index in [1.165, 1.54) is 0 Å². The molecule has 1 aliphatic rings. The molecule has 1 fully saturated rings. The number of rotatable bonds is 5. The van der Waals surface area contributed by atoms with Gasteiger partial charge in [0.15, 0.2) is 15.7 Å². The normalized spacial score (nSPS) is 16.6. The van der Waals surface area contributed by atoms with E-state index in [1.54, 1.807) is 0 Å². The van der Waals surface area contributed by atoms with Crippen molar-refractivity contribution in [2.45, 2.75) is 50.2 Å². The van der Waals surface area contributed by atoms with Gasteiger partial charge in [0, 0.05) is 6.54 Å². The summed E-state index contributed by atoms with van der Waals surface area (Å²) in [5.74, 6) is 0.134. The van der Waals surface area contributed by atoms with E-state index in [0.717, 1.165) is 37.3 Å². The van der Waals surface area contributed by atoms with Crippen molar-refractivity contribution in [3.8, 4) is 0 Å². The Kier molecular flexibility index (Phi) is 3.79. The topological polar surface area (TPSA) is 85.1 Å². The van der Waals surface area contributed by atoms with Gasteiger partial charge in [-0.25, -0.2) is 8.42 Å². The van der Waals surface area contributed by atoms with Gasteiger partial charge in [0.25, 0.3) is 0 Å². The molecule has 7 heteroatoms. The molecule has 1 heterocycles. The Labute approximate surface area is 118 Å². The second-order valence-corrected chi connectivity index (χ2v) is 9.15. The van der Waals surface area contributed by atoms with Crippen LogP contribution in [-0.4, -0.2) is 24.6 Å². The van der Waals surface area contributed by atoms with Crippen LogP contribution in [0.2, 0.25) is 0 Å². The fourth-order valence-corrected chi connectivity index (χ4v) is 4.69. The van der Waals surface area contributed by atoms with E-state index in [4.69, 9.17) is 5.73 Å². The van der Waals surface area contributed by atoms with Gasteiger partial charge in [0.2, 0.25) is 0 Å². The first-order valence-corrected chi connectivity index (χ1v) is 8.77. The molecule has 0 bridgehead atoms. The van der Waals surface area contributed by atoms with Gasteiger partial charge in [-0.2, -0.15) is 4.37 Å². The van der Waals surface area contributed by atoms with Gasteiger partial charge in [-0.3, -0.25) is 0 Å². The highest BCUT2D eigenvalue weighted by Crippen LogP contribution is 2.41. The number of nitrogens with one attached hydrogen (secondary N) is 1. The van der Waals surface area contributed by atoms with Gasteiger partial charge in [0.05, 0.1) is 5.25 Å². The van der Waals surface area contributed by atoms with E-state index in [1.807, 2.05) is 0 Å². The number of hydrogen-bond acceptors (Lipinski definition) is 6. The molecular weight excluding hydrogens is 282 g/mol. The molecule has 108 valence electrons. The molecule has 0 saturated heterocycles. The largest absolute Gasteiger partial charge is 0.382 e. The molecule has 1 aromatic heterocycles. The van der Waals surface area contributed by atoms with Crippen molar-refractivity contribution in [3.05, 3.63) is 0 Å². The number of sulfone groups is 1. The lowest BCUT2D eigenvalue weighted by atomic mass is 9.92. The van der Waals surface area contributed by atoms with E-state index in [2.05, 4.69) is 30.5 Å². The molecule has 1 saturated carbocycles. The summed E-state index contributed by atoms with van der Waals surface area (Å²) in [6.07, 6.45) is 2.42. The number of hydrogen-bond donors (Lipinski definition) is 2. The zero-order valence-corrected chi connectivity index (χ0v) is 13.2. The number of nitrogen functional groups attached to an aromatic ring is 1. The molecule has 3 N–H and O–H groups in total. The lowest BCUT2D eigenvalue weighted by Crippen LogP contribution is -2.15. The van der Waals surface area contributed by atoms with Crippen molar-refractivity contribution in [2.24, 2.45) is 5.41 Å². The minimum atomic E-state index is -3.29. The molecule has 0 amide bonds. The van der Waals surface area contributed by atoms with Crippen LogP contribution in [0.3, 0.4) is 0 Å². The van der Waals surface area contributed by atoms with Crippen LogP contribution in [-0.2, 0) is 9.84 Å². The fraction of sp³-hybridized carbons (Fsp3) is 0.750. The number of anilines is 2. The van der Waals surface area contributed by atoms with Crippen molar-refractivity contribution < 1.29 is 8.42 Å². The van der Waals surface area contributed by atoms with Crippen LogP contribution >= 0.6 is 11.5 Å². The Morgan fingerprint density at radius 1 is 1.42 bits per heavy atom. The van der Waals surface area contributed by atoms with Crippen LogP contribution in [0.25, 0.3) is 0 Å². The second-order valence-electron chi connectivity index (χ2n) is 6.21. The Morgan fingerprint density at radius 2 is 2.05 bits per heavy atom. The Bertz CT molecular complexity index is 554. The monoisotopic (exact) mass is 303 g/mol. The lowest BCUT2D eigenvalue weighted by Gasteiger charge is -2.18. The van der Waals surface area contributed by atoms with Gasteiger partial charge in [-0.15, -0.1) is 0 Å². The third kappa shape index (κ3) is 3.39. The number of nitrogens with two attached hydrogens (primary N) is 1. The van der Waals surface area contributed by atoms with Crippen LogP contribution in [0.5, 0.6) is 0 Å². The highest BCUT2D eigenvalue weighted by atomic mass is 32.2. The summed E-state index contributed by atoms with van der Waals surface area (Å²) in [4.78, 5) is 0.217. The van der Waals surface area contributed by atoms with Gasteiger partial charge in [-0.1, -0.05) is 20.8 Å². The van der Waals surface area contributed by atoms with Crippen molar-refractivity contribution in [3.63, 3.8) is 0 Å². The predicted octanol–water partition coefficient (Wildman–Crippen LogP) is 2.51. The fourth-order valence-electron chi connectivity index (χ4n) is 1.78. The molecule has 0 spiro atoms. The third-order valence-corrected chi connectivity index (χ3v) is 6.36. The number of nitrogens with zero attached hydrogens (tertiary/aromatic N) is 1. The summed E-state index contributed by atoms with van der Waals surface area (Å²) in [6, 6.07) is 0. The average Bonchev–Trinajstić information content (AvgIpc) is 3.03. The zero-order chi connectivity index (χ0) is 14.3. The molecule has 0 unspecified atom stereocenters. The van der Waals surface area contributed by atoms with Gasteiger partial charge in [-0.05, 0) is 36.2 Å². The summed E-state index contributed by atoms with van der Waals surface area (Å²) < 4.78 is 28.6. The molecule has 2 rings (SSSR count). The van der Waals surface area contributed by atoms with Crippen molar-refractivity contribution >= 4 is 32.2 Å². The molecule has 1 aromatic rings. The van der Waals surface area contributed by atoms with Crippen LogP contribution in [0.15, 0.2) is 4.90 Å². The molecule has 0 aromatic carbocycles. The van der Waals surface area contributed by atoms with Gasteiger partial charge >= 0.3 is 0 Å². The van der Waals surface area contributed by atoms with Crippen LogP contribution in [0, 0.1) is 5.41 Å². The Balaban J connectivity index is 2.14. The Hall–Kier alpha value is -0.820. The summed E-state index contributed by atoms with van der Waals surface area (Å²) in [5, 5.41) is 3.51. The first kappa shape index (κ1) is 14.6. The van der Waals surface area contributed by atoms with E-state index < -0.39 is 9.84 Å². The predicted molar refractivity (Wildman–Crippen MR) is 79.3 cm³/mol. The van der Waals surface area contributed by atoms with Gasteiger partial charge < -0.3 is 11.1 Å². The zero-order valence-electron chi connectivity index (χ0n) is 11.6. The van der Waals surface area contributed by atoms with Gasteiger partial charge in [0.1, 0.15) is 9.90 Å². The second kappa shape index (κ2) is 4.94. The highest BCUT2D eigenvalue weighted by Gasteiger charge is 2.40. The average molecular weight is 303 g/mol. The molecule has 0 aliphatic heterocycles. The molecule has 5 nitrogen and oxygen atoms in total. The summed E-state index contributed by atoms with van der Waals surface area (Å²) in [5.41, 5.74) is 5.94. The first-order valence-electron chi connectivity index (χ1n) is 6.45. The van der Waals surface area contributed by atoms with E-state index >= 15 is 0 Å². The first-order chi connectivity index (χ1) is 8.72. The van der Waals surface area contributed by atoms with Crippen molar-refractivity contribution in [1.29, 1.82) is 0 Å². The molecular formula is C12H21N3O2S2. The maximum atomic E-state index is 12.3. The SMILES string of the molecule is CC(C)(C)CCNc1snc(N)c1S(=O)(=O)C1CC1. The minimum absolute atomic E-state index is 0.134. The maximum absolute atomic E-state index is 12.3. The van der Waals surface area contributed by atoms with Crippen LogP contribution in [0.1, 0.15) is 40.0 Å². The lowest BCUT2D eigenvalue weighted by molar-refractivity contribution is 0.390. The molecule has 0 atom stereocenters. The van der Waals surface area contributed by atoms with Crippen LogP contribution < -0.4 is 11.1 Å². The smallest absolute Gasteiger partial charge is 0.187 e. The third-order valence-electron chi connectivity index (χ3n) is 3.08. The van der Waals surface area contributed by atoms with Crippen LogP contribution in [0.4, 0.5) is 10.8 Å². The molecule has 19 heavy (non-hydrogen) atoms. The van der Waals surface area contributed by atoms with E-state index in [-0.39, 0.29) is 21.4 Å². The van der Waals surface area contributed by atoms with Crippen molar-refractivity contribution in [2.75, 3.05) is 17.6 Å². The quantitative estimate of drug-likeness (QED) is 0.873. The number of aromatic nitrogens is 1. The van der Waals surface area contributed by atoms with E-state index in [9.17, 15) is 8.42 Å². The Morgan fingerprint density at radius 3 is 2.58 bits per heavy atom. The van der Waals surface area contributed by atoms with E-state index in [0.29, 0.717) is 5.00 Å². The minimum Gasteiger partial charge on any atom is -0.382 e. The molecule has 0 radical (unpaired) electrons. The van der Waals surface area contributed by atoms with Crippen molar-refractivity contribution in [1.82, 2.24) is 4.37 Å². The summed E-state index contributed by atoms with van der Waals surface area (Å²) in [6.45, 7) is 7.17. The highest BCUT2D eigenvalue weighted by molar-refractivity contribution is 7.92. The maximum Gasteiger partial charge on any atom is 0.187 e. The molecule has 1 aliphatic carbocycles.